The van der Waals surface area contributed by atoms with Crippen molar-refractivity contribution in [3.05, 3.63) is 64.1 Å². The predicted octanol–water partition coefficient (Wildman–Crippen LogP) is 4.33. The molecular formula is C21H20N2O4S. The molecule has 2 aromatic carbocycles. The van der Waals surface area contributed by atoms with Gasteiger partial charge in [-0.3, -0.25) is 9.69 Å². The van der Waals surface area contributed by atoms with E-state index >= 15 is 0 Å². The van der Waals surface area contributed by atoms with Crippen molar-refractivity contribution >= 4 is 40.6 Å². The molecule has 1 aliphatic heterocycles. The number of likely N-dealkylation sites (N-methyl/N-ethyl adjacent to an activating group) is 1. The van der Waals surface area contributed by atoms with E-state index in [4.69, 9.17) is 9.84 Å². The normalized spacial score (nSPS) is 16.8. The van der Waals surface area contributed by atoms with Crippen molar-refractivity contribution in [1.29, 1.82) is 0 Å². The lowest BCUT2D eigenvalue weighted by atomic mass is 10.1. The maximum atomic E-state index is 12.8. The number of benzene rings is 2. The highest BCUT2D eigenvalue weighted by molar-refractivity contribution is 8.18. The maximum absolute atomic E-state index is 12.8. The summed E-state index contributed by atoms with van der Waals surface area (Å²) in [6.45, 7) is 4.30. The van der Waals surface area contributed by atoms with Crippen LogP contribution in [0.3, 0.4) is 0 Å². The van der Waals surface area contributed by atoms with Gasteiger partial charge in [0.1, 0.15) is 5.75 Å². The largest absolute Gasteiger partial charge is 0.496 e. The van der Waals surface area contributed by atoms with Crippen LogP contribution in [0.2, 0.25) is 0 Å². The Bertz CT molecular complexity index is 998. The fraction of sp³-hybridized carbons (Fsp3) is 0.190. The smallest absolute Gasteiger partial charge is 0.335 e. The Morgan fingerprint density at radius 1 is 1.29 bits per heavy atom. The van der Waals surface area contributed by atoms with Crippen LogP contribution >= 0.6 is 11.8 Å². The second-order valence-electron chi connectivity index (χ2n) is 6.14. The second kappa shape index (κ2) is 8.31. The zero-order chi connectivity index (χ0) is 20.3. The minimum Gasteiger partial charge on any atom is -0.496 e. The van der Waals surface area contributed by atoms with E-state index in [1.807, 2.05) is 38.1 Å². The Balaban J connectivity index is 1.93. The van der Waals surface area contributed by atoms with Crippen LogP contribution in [-0.2, 0) is 4.79 Å². The van der Waals surface area contributed by atoms with Gasteiger partial charge in [-0.15, -0.1) is 0 Å². The van der Waals surface area contributed by atoms with Crippen LogP contribution in [0.4, 0.5) is 5.69 Å². The molecule has 0 unspecified atom stereocenters. The van der Waals surface area contributed by atoms with Crippen molar-refractivity contribution < 1.29 is 19.4 Å². The number of carboxylic acid groups (broad SMARTS) is 1. The summed E-state index contributed by atoms with van der Waals surface area (Å²) in [5, 5.41) is 9.67. The Morgan fingerprint density at radius 2 is 2.07 bits per heavy atom. The van der Waals surface area contributed by atoms with E-state index in [2.05, 4.69) is 4.99 Å². The van der Waals surface area contributed by atoms with Gasteiger partial charge in [0.15, 0.2) is 5.17 Å². The SMILES string of the molecule is CCN1C(=O)/C(=C/c2ccc(OC)c(C)c2)SC1=Nc1cccc(C(=O)O)c1. The Morgan fingerprint density at radius 3 is 2.71 bits per heavy atom. The van der Waals surface area contributed by atoms with Gasteiger partial charge in [0, 0.05) is 6.54 Å². The van der Waals surface area contributed by atoms with Gasteiger partial charge in [-0.25, -0.2) is 9.79 Å². The van der Waals surface area contributed by atoms with Crippen LogP contribution in [0.1, 0.15) is 28.4 Å². The van der Waals surface area contributed by atoms with Gasteiger partial charge in [-0.2, -0.15) is 0 Å². The molecule has 0 spiro atoms. The average molecular weight is 396 g/mol. The number of aromatic carboxylic acids is 1. The summed E-state index contributed by atoms with van der Waals surface area (Å²) < 4.78 is 5.27. The Labute approximate surface area is 167 Å². The number of amidine groups is 1. The van der Waals surface area contributed by atoms with Crippen LogP contribution in [0.25, 0.3) is 6.08 Å². The van der Waals surface area contributed by atoms with Crippen LogP contribution in [0.5, 0.6) is 5.75 Å². The lowest BCUT2D eigenvalue weighted by Gasteiger charge is -2.12. The number of carbonyl (C=O) groups is 2. The zero-order valence-electron chi connectivity index (χ0n) is 15.8. The van der Waals surface area contributed by atoms with Gasteiger partial charge < -0.3 is 9.84 Å². The Hall–Kier alpha value is -3.06. The highest BCUT2D eigenvalue weighted by Gasteiger charge is 2.32. The number of carboxylic acids is 1. The summed E-state index contributed by atoms with van der Waals surface area (Å²) in [5.41, 5.74) is 2.54. The molecule has 144 valence electrons. The minimum absolute atomic E-state index is 0.117. The van der Waals surface area contributed by atoms with E-state index in [-0.39, 0.29) is 11.5 Å². The van der Waals surface area contributed by atoms with Crippen LogP contribution < -0.4 is 4.74 Å². The maximum Gasteiger partial charge on any atom is 0.335 e. The zero-order valence-corrected chi connectivity index (χ0v) is 16.6. The molecule has 3 rings (SSSR count). The van der Waals surface area contributed by atoms with E-state index in [9.17, 15) is 9.59 Å². The molecule has 1 fully saturated rings. The molecule has 28 heavy (non-hydrogen) atoms. The number of methoxy groups -OCH3 is 1. The summed E-state index contributed by atoms with van der Waals surface area (Å²) in [7, 11) is 1.62. The predicted molar refractivity (Wildman–Crippen MR) is 111 cm³/mol. The van der Waals surface area contributed by atoms with Crippen LogP contribution in [0.15, 0.2) is 52.4 Å². The first-order chi connectivity index (χ1) is 13.4. The molecule has 1 aliphatic rings. The highest BCUT2D eigenvalue weighted by atomic mass is 32.2. The fourth-order valence-corrected chi connectivity index (χ4v) is 3.89. The number of ether oxygens (including phenoxy) is 1. The molecule has 1 heterocycles. The summed E-state index contributed by atoms with van der Waals surface area (Å²) in [6, 6.07) is 12.1. The first kappa shape index (κ1) is 19.7. The van der Waals surface area contributed by atoms with Gasteiger partial charge in [0.2, 0.25) is 0 Å². The van der Waals surface area contributed by atoms with Crippen molar-refractivity contribution in [3.63, 3.8) is 0 Å². The third kappa shape index (κ3) is 4.09. The average Bonchev–Trinajstić information content (AvgIpc) is 2.96. The number of hydrogen-bond donors (Lipinski definition) is 1. The summed E-state index contributed by atoms with van der Waals surface area (Å²) >= 11 is 1.28. The number of hydrogen-bond acceptors (Lipinski definition) is 5. The van der Waals surface area contributed by atoms with E-state index in [1.165, 1.54) is 23.9 Å². The molecule has 0 radical (unpaired) electrons. The fourth-order valence-electron chi connectivity index (χ4n) is 2.83. The van der Waals surface area contributed by atoms with Crippen LogP contribution in [0, 0.1) is 6.92 Å². The number of aliphatic imine (C=N–C) groups is 1. The molecule has 6 nitrogen and oxygen atoms in total. The summed E-state index contributed by atoms with van der Waals surface area (Å²) in [4.78, 5) is 30.6. The lowest BCUT2D eigenvalue weighted by Crippen LogP contribution is -2.28. The Kier molecular flexibility index (Phi) is 5.84. The molecule has 0 bridgehead atoms. The molecule has 0 saturated carbocycles. The minimum atomic E-state index is -1.01. The third-order valence-electron chi connectivity index (χ3n) is 4.24. The first-order valence-corrected chi connectivity index (χ1v) is 9.52. The number of nitrogens with zero attached hydrogens (tertiary/aromatic N) is 2. The highest BCUT2D eigenvalue weighted by Crippen LogP contribution is 2.34. The number of carbonyl (C=O) groups excluding carboxylic acids is 1. The van der Waals surface area contributed by atoms with Gasteiger partial charge in [-0.1, -0.05) is 12.1 Å². The quantitative estimate of drug-likeness (QED) is 0.761. The second-order valence-corrected chi connectivity index (χ2v) is 7.15. The number of rotatable bonds is 5. The monoisotopic (exact) mass is 396 g/mol. The topological polar surface area (TPSA) is 79.2 Å². The van der Waals surface area contributed by atoms with E-state index in [0.717, 1.165) is 16.9 Å². The van der Waals surface area contributed by atoms with Crippen LogP contribution in [-0.4, -0.2) is 40.7 Å². The lowest BCUT2D eigenvalue weighted by molar-refractivity contribution is -0.122. The van der Waals surface area contributed by atoms with E-state index < -0.39 is 5.97 Å². The molecule has 2 aromatic rings. The molecule has 1 amide bonds. The van der Waals surface area contributed by atoms with Gasteiger partial charge >= 0.3 is 5.97 Å². The molecule has 7 heteroatoms. The van der Waals surface area contributed by atoms with E-state index in [1.54, 1.807) is 24.1 Å². The molecule has 1 N–H and O–H groups in total. The van der Waals surface area contributed by atoms with Crippen molar-refractivity contribution in [3.8, 4) is 5.75 Å². The molecular weight excluding hydrogens is 376 g/mol. The molecule has 1 saturated heterocycles. The standard InChI is InChI=1S/C21H20N2O4S/c1-4-23-19(24)18(11-14-8-9-17(27-3)13(2)10-14)28-21(23)22-16-7-5-6-15(12-16)20(25)26/h5-12H,4H2,1-3H3,(H,25,26)/b18-11-,22-21?. The first-order valence-electron chi connectivity index (χ1n) is 8.71. The van der Waals surface area contributed by atoms with Crippen molar-refractivity contribution in [2.75, 3.05) is 13.7 Å². The molecule has 0 aliphatic carbocycles. The van der Waals surface area contributed by atoms with Crippen molar-refractivity contribution in [1.82, 2.24) is 4.90 Å². The molecule has 0 aromatic heterocycles. The number of thioether (sulfide) groups is 1. The number of amides is 1. The molecule has 0 atom stereocenters. The van der Waals surface area contributed by atoms with Gasteiger partial charge in [0.25, 0.3) is 5.91 Å². The summed E-state index contributed by atoms with van der Waals surface area (Å²) in [5.74, 6) is -0.336. The van der Waals surface area contributed by atoms with Crippen molar-refractivity contribution in [2.45, 2.75) is 13.8 Å². The summed E-state index contributed by atoms with van der Waals surface area (Å²) in [6.07, 6.45) is 1.83. The van der Waals surface area contributed by atoms with Crippen molar-refractivity contribution in [2.24, 2.45) is 4.99 Å². The number of aryl methyl sites for hydroxylation is 1. The van der Waals surface area contributed by atoms with Gasteiger partial charge in [0.05, 0.1) is 23.3 Å². The third-order valence-corrected chi connectivity index (χ3v) is 5.25. The van der Waals surface area contributed by atoms with Gasteiger partial charge in [-0.05, 0) is 73.1 Å². The van der Waals surface area contributed by atoms with E-state index in [0.29, 0.717) is 22.3 Å².